The van der Waals surface area contributed by atoms with Gasteiger partial charge in [-0.15, -0.1) is 0 Å². The molecule has 0 fully saturated rings. The van der Waals surface area contributed by atoms with Crippen LogP contribution in [0.2, 0.25) is 0 Å². The average Bonchev–Trinajstić information content (AvgIpc) is 3.24. The van der Waals surface area contributed by atoms with Crippen LogP contribution in [-0.4, -0.2) is 26.3 Å². The third-order valence-electron chi connectivity index (χ3n) is 4.76. The molecule has 1 unspecified atom stereocenters. The number of alkyl halides is 3. The molecule has 1 atom stereocenters. The highest BCUT2D eigenvalue weighted by atomic mass is 19.4. The molecule has 0 radical (unpaired) electrons. The van der Waals surface area contributed by atoms with Gasteiger partial charge in [-0.05, 0) is 38.1 Å². The second-order valence-corrected chi connectivity index (χ2v) is 6.68. The van der Waals surface area contributed by atoms with E-state index in [9.17, 15) is 13.2 Å². The van der Waals surface area contributed by atoms with E-state index in [-0.39, 0.29) is 6.04 Å². The first-order chi connectivity index (χ1) is 12.8. The molecule has 1 aromatic carbocycles. The van der Waals surface area contributed by atoms with Crippen LogP contribution in [0.4, 0.5) is 18.9 Å². The molecule has 8 heteroatoms. The Morgan fingerprint density at radius 3 is 2.48 bits per heavy atom. The first kappa shape index (κ1) is 17.4. The van der Waals surface area contributed by atoms with E-state index in [4.69, 9.17) is 0 Å². The van der Waals surface area contributed by atoms with E-state index in [1.807, 2.05) is 23.4 Å². The lowest BCUT2D eigenvalue weighted by molar-refractivity contribution is -0.137. The van der Waals surface area contributed by atoms with Gasteiger partial charge in [0, 0.05) is 17.8 Å². The smallest absolute Gasteiger partial charge is 0.342 e. The summed E-state index contributed by atoms with van der Waals surface area (Å²) < 4.78 is 40.4. The van der Waals surface area contributed by atoms with Gasteiger partial charge in [0.15, 0.2) is 0 Å². The number of rotatable bonds is 2. The van der Waals surface area contributed by atoms with Gasteiger partial charge in [0.05, 0.1) is 41.1 Å². The van der Waals surface area contributed by atoms with Gasteiger partial charge < -0.3 is 9.88 Å². The SMILES string of the molecule is C=C1c2c(-c3cnc(C)[nH]3)cnn2C(C)CN1c1ccc(C(F)(F)F)cc1. The molecule has 3 heterocycles. The molecular weight excluding hydrogens is 355 g/mol. The van der Waals surface area contributed by atoms with Crippen molar-refractivity contribution >= 4 is 11.4 Å². The van der Waals surface area contributed by atoms with Crippen LogP contribution in [0, 0.1) is 6.92 Å². The second-order valence-electron chi connectivity index (χ2n) is 6.68. The van der Waals surface area contributed by atoms with E-state index < -0.39 is 11.7 Å². The molecule has 0 bridgehead atoms. The number of aryl methyl sites for hydroxylation is 1. The standard InChI is InChI=1S/C19H18F3N5/c1-11-10-26(15-6-4-14(5-7-15)19(20,21)22)12(2)18-16(8-24-27(11)18)17-9-23-13(3)25-17/h4-9,11H,2,10H2,1,3H3,(H,23,25). The van der Waals surface area contributed by atoms with Gasteiger partial charge >= 0.3 is 6.18 Å². The molecule has 4 rings (SSSR count). The fourth-order valence-corrected chi connectivity index (χ4v) is 3.41. The molecule has 1 N–H and O–H groups in total. The molecule has 0 aliphatic carbocycles. The van der Waals surface area contributed by atoms with Crippen molar-refractivity contribution in [3.8, 4) is 11.3 Å². The minimum atomic E-state index is -4.35. The Hall–Kier alpha value is -3.03. The van der Waals surface area contributed by atoms with Crippen molar-refractivity contribution in [2.75, 3.05) is 11.4 Å². The topological polar surface area (TPSA) is 49.7 Å². The zero-order valence-electron chi connectivity index (χ0n) is 14.9. The van der Waals surface area contributed by atoms with Crippen LogP contribution in [0.1, 0.15) is 30.0 Å². The fraction of sp³-hybridized carbons (Fsp3) is 0.263. The predicted octanol–water partition coefficient (Wildman–Crippen LogP) is 4.65. The largest absolute Gasteiger partial charge is 0.416 e. The van der Waals surface area contributed by atoms with Crippen molar-refractivity contribution in [2.24, 2.45) is 0 Å². The lowest BCUT2D eigenvalue weighted by atomic mass is 10.1. The summed E-state index contributed by atoms with van der Waals surface area (Å²) in [7, 11) is 0. The van der Waals surface area contributed by atoms with Crippen LogP contribution < -0.4 is 4.90 Å². The zero-order valence-corrected chi connectivity index (χ0v) is 14.9. The number of anilines is 1. The summed E-state index contributed by atoms with van der Waals surface area (Å²) in [6, 6.07) is 5.18. The maximum Gasteiger partial charge on any atom is 0.416 e. The van der Waals surface area contributed by atoms with Gasteiger partial charge in [0.25, 0.3) is 0 Å². The number of aromatic nitrogens is 4. The van der Waals surface area contributed by atoms with Crippen molar-refractivity contribution < 1.29 is 13.2 Å². The molecule has 1 aliphatic rings. The highest BCUT2D eigenvalue weighted by Crippen LogP contribution is 2.38. The molecule has 3 aromatic rings. The minimum Gasteiger partial charge on any atom is -0.342 e. The number of halogens is 3. The average molecular weight is 373 g/mol. The fourth-order valence-electron chi connectivity index (χ4n) is 3.41. The van der Waals surface area contributed by atoms with Crippen molar-refractivity contribution in [3.05, 3.63) is 60.3 Å². The van der Waals surface area contributed by atoms with Crippen molar-refractivity contribution in [1.82, 2.24) is 19.7 Å². The van der Waals surface area contributed by atoms with E-state index in [0.29, 0.717) is 17.9 Å². The Bertz CT molecular complexity index is 997. The second kappa shape index (κ2) is 6.00. The van der Waals surface area contributed by atoms with Gasteiger partial charge in [-0.25, -0.2) is 4.98 Å². The number of hydrogen-bond donors (Lipinski definition) is 1. The van der Waals surface area contributed by atoms with Crippen LogP contribution >= 0.6 is 0 Å². The molecule has 0 saturated heterocycles. The summed E-state index contributed by atoms with van der Waals surface area (Å²) in [5, 5.41) is 4.48. The van der Waals surface area contributed by atoms with Gasteiger partial charge in [-0.2, -0.15) is 18.3 Å². The van der Waals surface area contributed by atoms with Crippen LogP contribution in [0.25, 0.3) is 17.0 Å². The normalized spacial score (nSPS) is 17.3. The van der Waals surface area contributed by atoms with Gasteiger partial charge in [-0.1, -0.05) is 6.58 Å². The Kier molecular flexibility index (Phi) is 3.87. The Morgan fingerprint density at radius 2 is 1.89 bits per heavy atom. The maximum atomic E-state index is 12.8. The summed E-state index contributed by atoms with van der Waals surface area (Å²) in [4.78, 5) is 9.35. The van der Waals surface area contributed by atoms with Crippen molar-refractivity contribution in [2.45, 2.75) is 26.1 Å². The number of fused-ring (bicyclic) bond motifs is 1. The summed E-state index contributed by atoms with van der Waals surface area (Å²) in [5.41, 5.74) is 3.21. The van der Waals surface area contributed by atoms with E-state index in [1.165, 1.54) is 12.1 Å². The number of nitrogens with zero attached hydrogens (tertiary/aromatic N) is 4. The number of aromatic amines is 1. The van der Waals surface area contributed by atoms with Crippen LogP contribution in [0.3, 0.4) is 0 Å². The molecule has 1 aliphatic heterocycles. The highest BCUT2D eigenvalue weighted by Gasteiger charge is 2.32. The van der Waals surface area contributed by atoms with E-state index in [2.05, 4.69) is 21.6 Å². The maximum absolute atomic E-state index is 12.8. The number of imidazole rings is 1. The molecule has 140 valence electrons. The Morgan fingerprint density at radius 1 is 1.19 bits per heavy atom. The van der Waals surface area contributed by atoms with E-state index in [1.54, 1.807) is 12.4 Å². The number of benzene rings is 1. The first-order valence-electron chi connectivity index (χ1n) is 8.49. The Balaban J connectivity index is 1.73. The summed E-state index contributed by atoms with van der Waals surface area (Å²) >= 11 is 0. The molecule has 0 amide bonds. The number of hydrogen-bond acceptors (Lipinski definition) is 3. The molecular formula is C19H18F3N5. The van der Waals surface area contributed by atoms with Gasteiger partial charge in [-0.3, -0.25) is 4.68 Å². The third kappa shape index (κ3) is 2.90. The predicted molar refractivity (Wildman–Crippen MR) is 97.1 cm³/mol. The Labute approximate surface area is 154 Å². The lowest BCUT2D eigenvalue weighted by Gasteiger charge is -2.36. The summed E-state index contributed by atoms with van der Waals surface area (Å²) in [5.74, 6) is 0.791. The van der Waals surface area contributed by atoms with Gasteiger partial charge in [0.1, 0.15) is 5.82 Å². The highest BCUT2D eigenvalue weighted by molar-refractivity contribution is 5.85. The quantitative estimate of drug-likeness (QED) is 0.711. The van der Waals surface area contributed by atoms with Crippen molar-refractivity contribution in [1.29, 1.82) is 0 Å². The number of nitrogens with one attached hydrogen (secondary N) is 1. The number of H-pyrrole nitrogens is 1. The first-order valence-corrected chi connectivity index (χ1v) is 8.49. The van der Waals surface area contributed by atoms with Crippen LogP contribution in [0.5, 0.6) is 0 Å². The summed E-state index contributed by atoms with van der Waals surface area (Å²) in [6.07, 6.45) is -0.850. The monoisotopic (exact) mass is 373 g/mol. The van der Waals surface area contributed by atoms with Crippen LogP contribution in [-0.2, 0) is 6.18 Å². The lowest BCUT2D eigenvalue weighted by Crippen LogP contribution is -2.35. The molecule has 27 heavy (non-hydrogen) atoms. The summed E-state index contributed by atoms with van der Waals surface area (Å²) in [6.45, 7) is 8.64. The van der Waals surface area contributed by atoms with E-state index in [0.717, 1.165) is 34.9 Å². The zero-order chi connectivity index (χ0) is 19.3. The van der Waals surface area contributed by atoms with Crippen molar-refractivity contribution in [3.63, 3.8) is 0 Å². The minimum absolute atomic E-state index is 0.0329. The third-order valence-corrected chi connectivity index (χ3v) is 4.76. The van der Waals surface area contributed by atoms with E-state index >= 15 is 0 Å². The van der Waals surface area contributed by atoms with Crippen LogP contribution in [0.15, 0.2) is 43.2 Å². The molecule has 5 nitrogen and oxygen atoms in total. The molecule has 0 saturated carbocycles. The van der Waals surface area contributed by atoms with Gasteiger partial charge in [0.2, 0.25) is 0 Å². The molecule has 0 spiro atoms. The molecule has 2 aromatic heterocycles.